The molecule has 78 valence electrons. The number of hydrogen-bond acceptors (Lipinski definition) is 3. The van der Waals surface area contributed by atoms with Crippen LogP contribution in [0.2, 0.25) is 5.02 Å². The van der Waals surface area contributed by atoms with E-state index in [-0.39, 0.29) is 0 Å². The SMILES string of the molecule is Cc1cc(N)c(Cl)cc1Sc1ncc[nH]1. The van der Waals surface area contributed by atoms with Gasteiger partial charge in [-0.05, 0) is 24.6 Å². The zero-order valence-electron chi connectivity index (χ0n) is 8.12. The molecule has 0 bridgehead atoms. The molecular formula is C10H10ClN3S. The molecule has 0 aliphatic heterocycles. The minimum atomic E-state index is 0.578. The quantitative estimate of drug-likeness (QED) is 0.792. The van der Waals surface area contributed by atoms with E-state index in [2.05, 4.69) is 9.97 Å². The third-order valence-corrected chi connectivity index (χ3v) is 3.38. The molecule has 0 radical (unpaired) electrons. The van der Waals surface area contributed by atoms with Crippen molar-refractivity contribution in [2.75, 3.05) is 5.73 Å². The van der Waals surface area contributed by atoms with Crippen molar-refractivity contribution in [3.63, 3.8) is 0 Å². The molecule has 2 rings (SSSR count). The highest BCUT2D eigenvalue weighted by atomic mass is 35.5. The van der Waals surface area contributed by atoms with Gasteiger partial charge in [0.2, 0.25) is 0 Å². The maximum Gasteiger partial charge on any atom is 0.170 e. The fourth-order valence-electron chi connectivity index (χ4n) is 1.21. The average Bonchev–Trinajstić information content (AvgIpc) is 2.67. The zero-order chi connectivity index (χ0) is 10.8. The number of nitrogens with two attached hydrogens (primary N) is 1. The van der Waals surface area contributed by atoms with Crippen molar-refractivity contribution in [1.82, 2.24) is 9.97 Å². The highest BCUT2D eigenvalue weighted by molar-refractivity contribution is 7.99. The molecule has 0 amide bonds. The maximum absolute atomic E-state index is 5.96. The number of nitrogens with one attached hydrogen (secondary N) is 1. The van der Waals surface area contributed by atoms with Crippen molar-refractivity contribution in [1.29, 1.82) is 0 Å². The highest BCUT2D eigenvalue weighted by Gasteiger charge is 2.06. The number of benzene rings is 1. The van der Waals surface area contributed by atoms with Crippen LogP contribution in [0, 0.1) is 6.92 Å². The largest absolute Gasteiger partial charge is 0.398 e. The number of aromatic amines is 1. The number of nitrogen functional groups attached to an aromatic ring is 1. The Morgan fingerprint density at radius 2 is 2.27 bits per heavy atom. The third kappa shape index (κ3) is 2.27. The van der Waals surface area contributed by atoms with E-state index in [1.165, 1.54) is 11.8 Å². The summed E-state index contributed by atoms with van der Waals surface area (Å²) in [7, 11) is 0. The third-order valence-electron chi connectivity index (χ3n) is 1.97. The maximum atomic E-state index is 5.96. The van der Waals surface area contributed by atoms with Gasteiger partial charge in [-0.1, -0.05) is 23.4 Å². The van der Waals surface area contributed by atoms with Crippen LogP contribution in [0.4, 0.5) is 5.69 Å². The predicted molar refractivity (Wildman–Crippen MR) is 63.3 cm³/mol. The first-order valence-corrected chi connectivity index (χ1v) is 5.59. The summed E-state index contributed by atoms with van der Waals surface area (Å²) in [5.41, 5.74) is 7.40. The Hall–Kier alpha value is -1.13. The van der Waals surface area contributed by atoms with Gasteiger partial charge in [0.15, 0.2) is 5.16 Å². The van der Waals surface area contributed by atoms with Crippen LogP contribution in [0.3, 0.4) is 0 Å². The number of anilines is 1. The van der Waals surface area contributed by atoms with E-state index in [4.69, 9.17) is 17.3 Å². The first-order chi connectivity index (χ1) is 7.16. The molecule has 0 atom stereocenters. The van der Waals surface area contributed by atoms with Crippen LogP contribution in [0.25, 0.3) is 0 Å². The molecule has 0 unspecified atom stereocenters. The molecule has 1 heterocycles. The van der Waals surface area contributed by atoms with Gasteiger partial charge in [0.1, 0.15) is 0 Å². The molecule has 15 heavy (non-hydrogen) atoms. The number of halogens is 1. The smallest absolute Gasteiger partial charge is 0.170 e. The van der Waals surface area contributed by atoms with E-state index < -0.39 is 0 Å². The van der Waals surface area contributed by atoms with Gasteiger partial charge in [-0.2, -0.15) is 0 Å². The normalized spacial score (nSPS) is 10.5. The van der Waals surface area contributed by atoms with Crippen molar-refractivity contribution in [2.45, 2.75) is 17.0 Å². The molecule has 3 nitrogen and oxygen atoms in total. The fraction of sp³-hybridized carbons (Fsp3) is 0.100. The first kappa shape index (κ1) is 10.4. The second kappa shape index (κ2) is 4.16. The van der Waals surface area contributed by atoms with E-state index in [9.17, 15) is 0 Å². The Morgan fingerprint density at radius 1 is 1.47 bits per heavy atom. The molecule has 0 saturated heterocycles. The van der Waals surface area contributed by atoms with Crippen LogP contribution < -0.4 is 5.73 Å². The molecule has 1 aromatic carbocycles. The summed E-state index contributed by atoms with van der Waals surface area (Å²) >= 11 is 7.49. The summed E-state index contributed by atoms with van der Waals surface area (Å²) in [5.74, 6) is 0. The van der Waals surface area contributed by atoms with Gasteiger partial charge in [0.25, 0.3) is 0 Å². The zero-order valence-corrected chi connectivity index (χ0v) is 9.69. The topological polar surface area (TPSA) is 54.7 Å². The van der Waals surface area contributed by atoms with E-state index in [1.54, 1.807) is 12.4 Å². The monoisotopic (exact) mass is 239 g/mol. The second-order valence-electron chi connectivity index (χ2n) is 3.14. The van der Waals surface area contributed by atoms with Gasteiger partial charge in [0.05, 0.1) is 10.7 Å². The number of rotatable bonds is 2. The second-order valence-corrected chi connectivity index (χ2v) is 4.57. The van der Waals surface area contributed by atoms with Gasteiger partial charge in [-0.15, -0.1) is 0 Å². The lowest BCUT2D eigenvalue weighted by molar-refractivity contribution is 1.06. The molecule has 0 spiro atoms. The van der Waals surface area contributed by atoms with Gasteiger partial charge in [-0.3, -0.25) is 0 Å². The molecular weight excluding hydrogens is 230 g/mol. The predicted octanol–water partition coefficient (Wildman–Crippen LogP) is 3.10. The van der Waals surface area contributed by atoms with Crippen molar-refractivity contribution in [3.05, 3.63) is 35.1 Å². The standard InChI is InChI=1S/C10H10ClN3S/c1-6-4-8(12)7(11)5-9(6)15-10-13-2-3-14-10/h2-5H,12H2,1H3,(H,13,14). The van der Waals surface area contributed by atoms with Crippen molar-refractivity contribution in [2.24, 2.45) is 0 Å². The summed E-state index contributed by atoms with van der Waals surface area (Å²) in [5, 5.41) is 1.42. The number of imidazole rings is 1. The number of nitrogens with zero attached hydrogens (tertiary/aromatic N) is 1. The highest BCUT2D eigenvalue weighted by Crippen LogP contribution is 2.32. The Morgan fingerprint density at radius 3 is 2.93 bits per heavy atom. The van der Waals surface area contributed by atoms with Crippen LogP contribution in [0.1, 0.15) is 5.56 Å². The number of hydrogen-bond donors (Lipinski definition) is 2. The molecule has 0 aliphatic rings. The molecule has 0 aliphatic carbocycles. The van der Waals surface area contributed by atoms with E-state index >= 15 is 0 Å². The van der Waals surface area contributed by atoms with Crippen LogP contribution in [-0.2, 0) is 0 Å². The molecule has 3 N–H and O–H groups in total. The van der Waals surface area contributed by atoms with Crippen molar-refractivity contribution >= 4 is 29.1 Å². The van der Waals surface area contributed by atoms with Gasteiger partial charge in [-0.25, -0.2) is 4.98 Å². The molecule has 5 heteroatoms. The lowest BCUT2D eigenvalue weighted by Crippen LogP contribution is -1.89. The van der Waals surface area contributed by atoms with Gasteiger partial charge < -0.3 is 10.7 Å². The number of aromatic nitrogens is 2. The van der Waals surface area contributed by atoms with E-state index in [0.717, 1.165) is 15.6 Å². The summed E-state index contributed by atoms with van der Waals surface area (Å²) in [4.78, 5) is 8.22. The van der Waals surface area contributed by atoms with Crippen molar-refractivity contribution in [3.8, 4) is 0 Å². The van der Waals surface area contributed by atoms with Crippen LogP contribution in [0.5, 0.6) is 0 Å². The van der Waals surface area contributed by atoms with Crippen LogP contribution >= 0.6 is 23.4 Å². The summed E-state index contributed by atoms with van der Waals surface area (Å²) < 4.78 is 0. The number of H-pyrrole nitrogens is 1. The fourth-order valence-corrected chi connectivity index (χ4v) is 2.28. The molecule has 0 saturated carbocycles. The lowest BCUT2D eigenvalue weighted by Gasteiger charge is -2.06. The Kier molecular flexibility index (Phi) is 2.88. The lowest BCUT2D eigenvalue weighted by atomic mass is 10.2. The summed E-state index contributed by atoms with van der Waals surface area (Å²) in [6, 6.07) is 3.73. The molecule has 1 aromatic heterocycles. The van der Waals surface area contributed by atoms with E-state index in [0.29, 0.717) is 10.7 Å². The average molecular weight is 240 g/mol. The summed E-state index contributed by atoms with van der Waals surface area (Å²) in [6.45, 7) is 2.00. The molecule has 2 aromatic rings. The van der Waals surface area contributed by atoms with E-state index in [1.807, 2.05) is 19.1 Å². The summed E-state index contributed by atoms with van der Waals surface area (Å²) in [6.07, 6.45) is 3.51. The van der Waals surface area contributed by atoms with Crippen molar-refractivity contribution < 1.29 is 0 Å². The Bertz CT molecular complexity index is 468. The Labute approximate surface area is 97.0 Å². The molecule has 0 fully saturated rings. The van der Waals surface area contributed by atoms with Crippen LogP contribution in [-0.4, -0.2) is 9.97 Å². The minimum absolute atomic E-state index is 0.578. The number of aryl methyl sites for hydroxylation is 1. The van der Waals surface area contributed by atoms with Gasteiger partial charge >= 0.3 is 0 Å². The van der Waals surface area contributed by atoms with Gasteiger partial charge in [0, 0.05) is 17.3 Å². The Balaban J connectivity index is 2.33. The minimum Gasteiger partial charge on any atom is -0.398 e. The van der Waals surface area contributed by atoms with Crippen LogP contribution in [0.15, 0.2) is 34.6 Å². The first-order valence-electron chi connectivity index (χ1n) is 4.39.